The molecule has 0 amide bonds. The molecule has 0 N–H and O–H groups in total. The van der Waals surface area contributed by atoms with Crippen LogP contribution in [0.1, 0.15) is 26.5 Å². The molecular weight excluding hydrogens is 173 g/mol. The minimum absolute atomic E-state index is 0. The van der Waals surface area contributed by atoms with Crippen molar-refractivity contribution in [3.8, 4) is 0 Å². The number of hydrogen-bond donors (Lipinski definition) is 0. The molecule has 0 aromatic carbocycles. The topological polar surface area (TPSA) is 12.9 Å². The van der Waals surface area contributed by atoms with E-state index in [1.807, 2.05) is 12.1 Å². The Hall–Kier alpha value is -0.266. The summed E-state index contributed by atoms with van der Waals surface area (Å²) in [6.45, 7) is 6.44. The fraction of sp³-hybridized carbons (Fsp3) is 0.444. The van der Waals surface area contributed by atoms with Gasteiger partial charge in [-0.15, -0.1) is 0 Å². The second-order valence-electron chi connectivity index (χ2n) is 3.39. The second kappa shape index (κ2) is 3.94. The summed E-state index contributed by atoms with van der Waals surface area (Å²) in [5.74, 6) is 0. The summed E-state index contributed by atoms with van der Waals surface area (Å²) in [5.41, 5.74) is 1.28. The van der Waals surface area contributed by atoms with Crippen molar-refractivity contribution in [3.63, 3.8) is 0 Å². The first-order valence-corrected chi connectivity index (χ1v) is 3.43. The van der Waals surface area contributed by atoms with Crippen molar-refractivity contribution < 1.29 is 18.6 Å². The molecule has 0 aliphatic rings. The molecule has 0 fully saturated rings. The molecule has 0 saturated carbocycles. The summed E-state index contributed by atoms with van der Waals surface area (Å²) in [5, 5.41) is 0. The van der Waals surface area contributed by atoms with Gasteiger partial charge >= 0.3 is 0 Å². The molecule has 0 atom stereocenters. The van der Waals surface area contributed by atoms with Crippen LogP contribution in [0.5, 0.6) is 0 Å². The van der Waals surface area contributed by atoms with Crippen LogP contribution in [0.4, 0.5) is 0 Å². The van der Waals surface area contributed by atoms with Gasteiger partial charge < -0.3 is 4.98 Å². The number of nitrogens with zero attached hydrogens (tertiary/aromatic N) is 1. The fourth-order valence-electron chi connectivity index (χ4n) is 0.764. The van der Waals surface area contributed by atoms with Crippen LogP contribution in [-0.2, 0) is 24.0 Å². The maximum atomic E-state index is 4.19. The van der Waals surface area contributed by atoms with Crippen molar-refractivity contribution in [3.05, 3.63) is 30.1 Å². The molecule has 0 saturated heterocycles. The molecule has 1 aromatic heterocycles. The smallest absolute Gasteiger partial charge is 0 e. The van der Waals surface area contributed by atoms with E-state index in [2.05, 4.69) is 31.8 Å². The van der Waals surface area contributed by atoms with Crippen molar-refractivity contribution in [1.29, 1.82) is 0 Å². The molecule has 0 aliphatic heterocycles. The van der Waals surface area contributed by atoms with Crippen LogP contribution < -0.4 is 0 Å². The Morgan fingerprint density at radius 2 is 2.00 bits per heavy atom. The Morgan fingerprint density at radius 1 is 1.36 bits per heavy atom. The minimum atomic E-state index is 0. The monoisotopic (exact) mass is 185 g/mol. The first kappa shape index (κ1) is 10.7. The van der Waals surface area contributed by atoms with Gasteiger partial charge in [-0.2, -0.15) is 6.07 Å². The van der Waals surface area contributed by atoms with E-state index in [1.165, 1.54) is 0 Å². The summed E-state index contributed by atoms with van der Waals surface area (Å²) >= 11 is 0. The van der Waals surface area contributed by atoms with E-state index in [9.17, 15) is 0 Å². The van der Waals surface area contributed by atoms with Crippen molar-refractivity contribution in [2.75, 3.05) is 0 Å². The Labute approximate surface area is 80.1 Å². The second-order valence-corrected chi connectivity index (χ2v) is 3.39. The van der Waals surface area contributed by atoms with Crippen LogP contribution in [0.25, 0.3) is 0 Å². The molecule has 1 nitrogen and oxygen atoms in total. The summed E-state index contributed by atoms with van der Waals surface area (Å²) in [6.07, 6.45) is 1.71. The van der Waals surface area contributed by atoms with E-state index in [4.69, 9.17) is 0 Å². The van der Waals surface area contributed by atoms with E-state index < -0.39 is 0 Å². The predicted molar refractivity (Wildman–Crippen MR) is 41.8 cm³/mol. The molecule has 59 valence electrons. The Balaban J connectivity index is 0.000001000. The molecule has 1 rings (SSSR count). The summed E-state index contributed by atoms with van der Waals surface area (Å²) < 4.78 is 0. The van der Waals surface area contributed by atoms with Gasteiger partial charge in [0.1, 0.15) is 0 Å². The zero-order chi connectivity index (χ0) is 7.61. The average Bonchev–Trinajstić information content (AvgIpc) is 1.88. The standard InChI is InChI=1S/C9H12N.V/c1-9(2,3)8-6-4-5-7-10-8;/h4,6-7H,1-3H3;/q-1;. The molecule has 1 aromatic rings. The summed E-state index contributed by atoms with van der Waals surface area (Å²) in [7, 11) is 0. The van der Waals surface area contributed by atoms with Crippen molar-refractivity contribution in [2.24, 2.45) is 0 Å². The van der Waals surface area contributed by atoms with Crippen molar-refractivity contribution >= 4 is 0 Å². The van der Waals surface area contributed by atoms with E-state index in [0.717, 1.165) is 5.69 Å². The number of pyridine rings is 1. The third-order valence-electron chi connectivity index (χ3n) is 1.38. The quantitative estimate of drug-likeness (QED) is 0.564. The van der Waals surface area contributed by atoms with Crippen LogP contribution in [0, 0.1) is 6.07 Å². The van der Waals surface area contributed by atoms with Gasteiger partial charge in [-0.1, -0.05) is 27.0 Å². The zero-order valence-electron chi connectivity index (χ0n) is 7.13. The van der Waals surface area contributed by atoms with E-state index in [-0.39, 0.29) is 24.0 Å². The molecule has 1 radical (unpaired) electrons. The maximum Gasteiger partial charge on any atom is 0 e. The normalized spacial score (nSPS) is 10.5. The van der Waals surface area contributed by atoms with Gasteiger partial charge in [-0.05, 0) is 11.1 Å². The molecular formula is C9H12NV-. The minimum Gasteiger partial charge on any atom is -0.300 e. The van der Waals surface area contributed by atoms with Crippen molar-refractivity contribution in [1.82, 2.24) is 4.98 Å². The number of rotatable bonds is 0. The first-order chi connectivity index (χ1) is 4.61. The Morgan fingerprint density at radius 3 is 2.27 bits per heavy atom. The van der Waals surface area contributed by atoms with Crippen LogP contribution in [0.3, 0.4) is 0 Å². The molecule has 0 bridgehead atoms. The molecule has 1 heterocycles. The van der Waals surface area contributed by atoms with Crippen LogP contribution in [-0.4, -0.2) is 4.98 Å². The van der Waals surface area contributed by atoms with Crippen LogP contribution >= 0.6 is 0 Å². The molecule has 2 heteroatoms. The zero-order valence-corrected chi connectivity index (χ0v) is 8.52. The SMILES string of the molecule is CC(C)(C)c1cc[c-]cn1.[V]. The Kier molecular flexibility index (Phi) is 3.84. The van der Waals surface area contributed by atoms with Crippen LogP contribution in [0.15, 0.2) is 18.3 Å². The number of aromatic nitrogens is 1. The van der Waals surface area contributed by atoms with Gasteiger partial charge in [0.25, 0.3) is 0 Å². The van der Waals surface area contributed by atoms with Gasteiger partial charge in [0.2, 0.25) is 0 Å². The molecule has 11 heavy (non-hydrogen) atoms. The van der Waals surface area contributed by atoms with E-state index in [0.29, 0.717) is 0 Å². The van der Waals surface area contributed by atoms with E-state index in [1.54, 1.807) is 6.20 Å². The number of hydrogen-bond acceptors (Lipinski definition) is 1. The summed E-state index contributed by atoms with van der Waals surface area (Å²) in [6, 6.07) is 6.79. The van der Waals surface area contributed by atoms with Gasteiger partial charge in [0.15, 0.2) is 0 Å². The fourth-order valence-corrected chi connectivity index (χ4v) is 0.764. The third kappa shape index (κ3) is 3.09. The molecule has 0 spiro atoms. The summed E-state index contributed by atoms with van der Waals surface area (Å²) in [4.78, 5) is 4.19. The van der Waals surface area contributed by atoms with Crippen molar-refractivity contribution in [2.45, 2.75) is 26.2 Å². The van der Waals surface area contributed by atoms with Gasteiger partial charge in [0, 0.05) is 18.6 Å². The van der Waals surface area contributed by atoms with Gasteiger partial charge in [0.05, 0.1) is 0 Å². The van der Waals surface area contributed by atoms with Crippen LogP contribution in [0.2, 0.25) is 0 Å². The molecule has 0 unspecified atom stereocenters. The van der Waals surface area contributed by atoms with E-state index >= 15 is 0 Å². The van der Waals surface area contributed by atoms with Gasteiger partial charge in [-0.25, -0.2) is 12.1 Å². The first-order valence-electron chi connectivity index (χ1n) is 3.43. The third-order valence-corrected chi connectivity index (χ3v) is 1.38. The average molecular weight is 185 g/mol. The largest absolute Gasteiger partial charge is 0.300 e. The maximum absolute atomic E-state index is 4.19. The molecule has 0 aliphatic carbocycles. The predicted octanol–water partition coefficient (Wildman–Crippen LogP) is 2.18. The Bertz CT molecular complexity index is 201. The van der Waals surface area contributed by atoms with Gasteiger partial charge in [-0.3, -0.25) is 0 Å².